The predicted octanol–water partition coefficient (Wildman–Crippen LogP) is 4.16. The van der Waals surface area contributed by atoms with Crippen molar-refractivity contribution >= 4 is 34.4 Å². The van der Waals surface area contributed by atoms with Gasteiger partial charge >= 0.3 is 0 Å². The first-order chi connectivity index (χ1) is 9.91. The van der Waals surface area contributed by atoms with Crippen molar-refractivity contribution in [3.8, 4) is 5.69 Å². The van der Waals surface area contributed by atoms with Crippen LogP contribution in [0.5, 0.6) is 0 Å². The van der Waals surface area contributed by atoms with Gasteiger partial charge in [0.2, 0.25) is 0 Å². The second-order valence-corrected chi connectivity index (χ2v) is 5.93. The van der Waals surface area contributed by atoms with Crippen molar-refractivity contribution in [1.82, 2.24) is 19.3 Å². The zero-order valence-corrected chi connectivity index (χ0v) is 13.2. The Morgan fingerprint density at radius 1 is 1.33 bits per heavy atom. The smallest absolute Gasteiger partial charge is 0.163 e. The molecular weight excluding hydrogens is 314 g/mol. The zero-order chi connectivity index (χ0) is 15.3. The van der Waals surface area contributed by atoms with Gasteiger partial charge in [-0.2, -0.15) is 5.10 Å². The molecule has 1 atom stereocenters. The van der Waals surface area contributed by atoms with E-state index in [1.54, 1.807) is 35.4 Å². The predicted molar refractivity (Wildman–Crippen MR) is 81.8 cm³/mol. The summed E-state index contributed by atoms with van der Waals surface area (Å²) in [5.41, 5.74) is 2.37. The van der Waals surface area contributed by atoms with E-state index in [1.165, 1.54) is 6.07 Å². The van der Waals surface area contributed by atoms with Crippen LogP contribution in [0.25, 0.3) is 16.9 Å². The lowest BCUT2D eigenvalue weighted by Gasteiger charge is -2.13. The molecule has 0 saturated heterocycles. The Labute approximate surface area is 131 Å². The van der Waals surface area contributed by atoms with Crippen LogP contribution in [0.1, 0.15) is 23.8 Å². The molecule has 0 saturated carbocycles. The summed E-state index contributed by atoms with van der Waals surface area (Å²) in [7, 11) is 1.78. The number of para-hydroxylation sites is 1. The number of nitrogens with zero attached hydrogens (tertiary/aromatic N) is 4. The number of benzene rings is 1. The van der Waals surface area contributed by atoms with Crippen molar-refractivity contribution < 1.29 is 4.39 Å². The van der Waals surface area contributed by atoms with E-state index < -0.39 is 11.2 Å². The second kappa shape index (κ2) is 5.00. The Balaban J connectivity index is 2.48. The quantitative estimate of drug-likeness (QED) is 0.663. The van der Waals surface area contributed by atoms with Crippen molar-refractivity contribution in [2.45, 2.75) is 19.2 Å². The Morgan fingerprint density at radius 2 is 2.05 bits per heavy atom. The maximum absolute atomic E-state index is 14.3. The second-order valence-electron chi connectivity index (χ2n) is 4.87. The molecule has 4 nitrogen and oxygen atoms in total. The first-order valence-corrected chi connectivity index (χ1v) is 7.23. The van der Waals surface area contributed by atoms with Gasteiger partial charge in [0.15, 0.2) is 5.65 Å². The molecule has 0 bridgehead atoms. The van der Waals surface area contributed by atoms with E-state index in [0.29, 0.717) is 22.0 Å². The summed E-state index contributed by atoms with van der Waals surface area (Å²) in [5, 5.41) is 4.22. The monoisotopic (exact) mass is 326 g/mol. The fourth-order valence-electron chi connectivity index (χ4n) is 2.48. The van der Waals surface area contributed by atoms with E-state index in [9.17, 15) is 4.39 Å². The standard InChI is InChI=1S/C14H13Cl2FN4/c1-7(15)13-18-11-8(2)19-20(3)14(11)21(13)12-9(16)5-4-6-10(12)17/h4-7H,1-3H3. The minimum Gasteiger partial charge on any atom is -0.275 e. The van der Waals surface area contributed by atoms with Crippen LogP contribution in [0.2, 0.25) is 5.02 Å². The van der Waals surface area contributed by atoms with Gasteiger partial charge in [-0.25, -0.2) is 14.1 Å². The van der Waals surface area contributed by atoms with E-state index in [0.717, 1.165) is 5.69 Å². The molecule has 110 valence electrons. The summed E-state index contributed by atoms with van der Waals surface area (Å²) >= 11 is 12.4. The highest BCUT2D eigenvalue weighted by atomic mass is 35.5. The van der Waals surface area contributed by atoms with E-state index in [-0.39, 0.29) is 5.69 Å². The Hall–Kier alpha value is -1.59. The van der Waals surface area contributed by atoms with Crippen LogP contribution in [-0.2, 0) is 7.05 Å². The molecule has 1 aromatic carbocycles. The van der Waals surface area contributed by atoms with E-state index in [4.69, 9.17) is 23.2 Å². The lowest BCUT2D eigenvalue weighted by atomic mass is 10.3. The molecule has 7 heteroatoms. The molecule has 2 heterocycles. The normalized spacial score (nSPS) is 13.0. The number of fused-ring (bicyclic) bond motifs is 1. The average molecular weight is 327 g/mol. The minimum atomic E-state index is -0.431. The zero-order valence-electron chi connectivity index (χ0n) is 11.7. The molecule has 3 rings (SSSR count). The van der Waals surface area contributed by atoms with Crippen molar-refractivity contribution in [2.75, 3.05) is 0 Å². The molecular formula is C14H13Cl2FN4. The molecule has 0 fully saturated rings. The van der Waals surface area contributed by atoms with Crippen LogP contribution in [0.15, 0.2) is 18.2 Å². The Kier molecular flexibility index (Phi) is 3.42. The van der Waals surface area contributed by atoms with Crippen molar-refractivity contribution in [2.24, 2.45) is 7.05 Å². The summed E-state index contributed by atoms with van der Waals surface area (Å²) in [5.74, 6) is 0.106. The topological polar surface area (TPSA) is 35.6 Å². The number of aryl methyl sites for hydroxylation is 2. The number of aromatic nitrogens is 4. The maximum atomic E-state index is 14.3. The van der Waals surface area contributed by atoms with Crippen LogP contribution in [0.4, 0.5) is 4.39 Å². The SMILES string of the molecule is Cc1nn(C)c2c1nc(C(C)Cl)n2-c1c(F)cccc1Cl. The van der Waals surface area contributed by atoms with E-state index >= 15 is 0 Å². The highest BCUT2D eigenvalue weighted by Crippen LogP contribution is 2.33. The summed E-state index contributed by atoms with van der Waals surface area (Å²) in [4.78, 5) is 4.51. The van der Waals surface area contributed by atoms with Crippen molar-refractivity contribution in [3.63, 3.8) is 0 Å². The van der Waals surface area contributed by atoms with Gasteiger partial charge in [0.1, 0.15) is 22.8 Å². The Bertz CT molecular complexity index is 815. The van der Waals surface area contributed by atoms with Crippen LogP contribution in [0, 0.1) is 12.7 Å². The third-order valence-electron chi connectivity index (χ3n) is 3.35. The average Bonchev–Trinajstić information content (AvgIpc) is 2.90. The van der Waals surface area contributed by atoms with E-state index in [1.807, 2.05) is 6.92 Å². The molecule has 0 spiro atoms. The molecule has 3 aromatic rings. The summed E-state index contributed by atoms with van der Waals surface area (Å²) in [6.45, 7) is 3.64. The number of halogens is 3. The van der Waals surface area contributed by atoms with Crippen molar-refractivity contribution in [1.29, 1.82) is 0 Å². The summed E-state index contributed by atoms with van der Waals surface area (Å²) < 4.78 is 17.6. The molecule has 0 radical (unpaired) electrons. The number of hydrogen-bond acceptors (Lipinski definition) is 2. The molecule has 0 amide bonds. The largest absolute Gasteiger partial charge is 0.275 e. The van der Waals surface area contributed by atoms with Gasteiger partial charge in [0, 0.05) is 7.05 Å². The number of hydrogen-bond donors (Lipinski definition) is 0. The third kappa shape index (κ3) is 2.12. The summed E-state index contributed by atoms with van der Waals surface area (Å²) in [6, 6.07) is 4.56. The van der Waals surface area contributed by atoms with Gasteiger partial charge in [0.25, 0.3) is 0 Å². The molecule has 0 aliphatic rings. The lowest BCUT2D eigenvalue weighted by molar-refractivity contribution is 0.614. The van der Waals surface area contributed by atoms with Crippen molar-refractivity contribution in [3.05, 3.63) is 40.6 Å². The molecule has 1 unspecified atom stereocenters. The molecule has 0 aliphatic heterocycles. The fraction of sp³-hybridized carbons (Fsp3) is 0.286. The van der Waals surface area contributed by atoms with E-state index in [2.05, 4.69) is 10.1 Å². The number of alkyl halides is 1. The number of imidazole rings is 1. The van der Waals surface area contributed by atoms with Gasteiger partial charge in [-0.1, -0.05) is 17.7 Å². The van der Waals surface area contributed by atoms with Crippen LogP contribution < -0.4 is 0 Å². The first-order valence-electron chi connectivity index (χ1n) is 6.42. The van der Waals surface area contributed by atoms with Gasteiger partial charge in [-0.05, 0) is 26.0 Å². The van der Waals surface area contributed by atoms with Crippen LogP contribution >= 0.6 is 23.2 Å². The van der Waals surface area contributed by atoms with Gasteiger partial charge < -0.3 is 0 Å². The molecule has 2 aromatic heterocycles. The first kappa shape index (κ1) is 14.4. The highest BCUT2D eigenvalue weighted by molar-refractivity contribution is 6.32. The van der Waals surface area contributed by atoms with Gasteiger partial charge in [0.05, 0.1) is 16.1 Å². The van der Waals surface area contributed by atoms with Crippen LogP contribution in [-0.4, -0.2) is 19.3 Å². The van der Waals surface area contributed by atoms with Gasteiger partial charge in [-0.3, -0.25) is 4.57 Å². The fourth-order valence-corrected chi connectivity index (χ4v) is 2.87. The highest BCUT2D eigenvalue weighted by Gasteiger charge is 2.24. The number of rotatable bonds is 2. The lowest BCUT2D eigenvalue weighted by Crippen LogP contribution is -2.08. The molecule has 0 aliphatic carbocycles. The summed E-state index contributed by atoms with van der Waals surface area (Å²) in [6.07, 6.45) is 0. The minimum absolute atomic E-state index is 0.243. The van der Waals surface area contributed by atoms with Gasteiger partial charge in [-0.15, -0.1) is 11.6 Å². The molecule has 21 heavy (non-hydrogen) atoms. The molecule has 0 N–H and O–H groups in total. The third-order valence-corrected chi connectivity index (χ3v) is 3.85. The maximum Gasteiger partial charge on any atom is 0.163 e. The Morgan fingerprint density at radius 3 is 2.67 bits per heavy atom. The van der Waals surface area contributed by atoms with Crippen LogP contribution in [0.3, 0.4) is 0 Å².